The van der Waals surface area contributed by atoms with Gasteiger partial charge in [0.15, 0.2) is 0 Å². The molecule has 0 spiro atoms. The van der Waals surface area contributed by atoms with Crippen LogP contribution in [0.3, 0.4) is 0 Å². The Morgan fingerprint density at radius 2 is 2.20 bits per heavy atom. The Kier molecular flexibility index (Phi) is 5.27. The molecule has 0 radical (unpaired) electrons. The summed E-state index contributed by atoms with van der Waals surface area (Å²) in [6, 6.07) is 0. The van der Waals surface area contributed by atoms with E-state index >= 15 is 0 Å². The van der Waals surface area contributed by atoms with E-state index in [-0.39, 0.29) is 18.9 Å². The van der Waals surface area contributed by atoms with Crippen LogP contribution in [0, 0.1) is 0 Å². The molecule has 0 aromatic heterocycles. The van der Waals surface area contributed by atoms with E-state index < -0.39 is 13.7 Å². The molecule has 0 saturated heterocycles. The van der Waals surface area contributed by atoms with Gasteiger partial charge in [0.1, 0.15) is 0 Å². The van der Waals surface area contributed by atoms with Crippen LogP contribution in [0.25, 0.3) is 0 Å². The Bertz CT molecular complexity index is 305. The largest absolute Gasteiger partial charge is 0.481 e. The Labute approximate surface area is 86.9 Å². The van der Waals surface area contributed by atoms with Crippen molar-refractivity contribution in [3.05, 3.63) is 0 Å². The van der Waals surface area contributed by atoms with Crippen LogP contribution in [-0.2, 0) is 13.9 Å². The molecule has 0 aliphatic rings. The molecule has 4 N–H and O–H groups in total. The van der Waals surface area contributed by atoms with E-state index in [4.69, 9.17) is 15.7 Å². The van der Waals surface area contributed by atoms with Gasteiger partial charge >= 0.3 is 13.7 Å². The lowest BCUT2D eigenvalue weighted by atomic mass is 10.4. The zero-order valence-corrected chi connectivity index (χ0v) is 9.35. The van der Waals surface area contributed by atoms with Gasteiger partial charge in [-0.05, 0) is 0 Å². The summed E-state index contributed by atoms with van der Waals surface area (Å²) in [5.41, 5.74) is 5.34. The molecule has 88 valence electrons. The van der Waals surface area contributed by atoms with Crippen LogP contribution >= 0.6 is 7.75 Å². The first-order chi connectivity index (χ1) is 6.78. The van der Waals surface area contributed by atoms with E-state index in [2.05, 4.69) is 9.29 Å². The highest BCUT2D eigenvalue weighted by atomic mass is 31.2. The molecule has 0 rings (SSSR count). The first kappa shape index (κ1) is 13.9. The Morgan fingerprint density at radius 1 is 1.67 bits per heavy atom. The molecular formula is C6H14N3O5P. The third-order valence-electron chi connectivity index (χ3n) is 1.52. The van der Waals surface area contributed by atoms with Crippen molar-refractivity contribution in [2.75, 3.05) is 20.7 Å². The number of carboxylic acid groups (broad SMARTS) is 1. The summed E-state index contributed by atoms with van der Waals surface area (Å²) in [7, 11) is -1.58. The monoisotopic (exact) mass is 239 g/mol. The molecule has 15 heavy (non-hydrogen) atoms. The van der Waals surface area contributed by atoms with Gasteiger partial charge in [0, 0.05) is 20.7 Å². The highest BCUT2D eigenvalue weighted by molar-refractivity contribution is 7.51. The average Bonchev–Trinajstić information content (AvgIpc) is 2.13. The fourth-order valence-electron chi connectivity index (χ4n) is 0.625. The fourth-order valence-corrected chi connectivity index (χ4v) is 1.12. The normalized spacial score (nSPS) is 15.8. The third kappa shape index (κ3) is 6.05. The molecule has 0 heterocycles. The second kappa shape index (κ2) is 5.69. The van der Waals surface area contributed by atoms with Gasteiger partial charge in [-0.2, -0.15) is 0 Å². The number of hydrogen-bond donors (Lipinski definition) is 3. The zero-order valence-electron chi connectivity index (χ0n) is 8.45. The lowest BCUT2D eigenvalue weighted by molar-refractivity contribution is -0.137. The van der Waals surface area contributed by atoms with E-state index in [9.17, 15) is 9.36 Å². The highest BCUT2D eigenvalue weighted by Gasteiger charge is 2.17. The summed E-state index contributed by atoms with van der Waals surface area (Å²) in [6.45, 7) is 0.0916. The minimum Gasteiger partial charge on any atom is -0.481 e. The van der Waals surface area contributed by atoms with Crippen molar-refractivity contribution in [2.24, 2.45) is 10.5 Å². The number of carboxylic acids is 1. The predicted octanol–water partition coefficient (Wildman–Crippen LogP) is -0.546. The summed E-state index contributed by atoms with van der Waals surface area (Å²) in [5.74, 6) is -1.24. The standard InChI is InChI=1S/C6H14N3O5P/c1-9(4-3-5(10)11)6(7)8-15(12,13)14-2/h3-4H2,1-2H3,(H,10,11)(H3,7,8,12,13). The highest BCUT2D eigenvalue weighted by Crippen LogP contribution is 2.42. The SMILES string of the molecule is COP(=O)(O)N=C(N)N(C)CCC(=O)O. The number of hydrogen-bond acceptors (Lipinski definition) is 3. The van der Waals surface area contributed by atoms with Gasteiger partial charge in [0.25, 0.3) is 0 Å². The van der Waals surface area contributed by atoms with Crippen molar-refractivity contribution in [3.8, 4) is 0 Å². The second-order valence-electron chi connectivity index (χ2n) is 2.70. The molecule has 0 aromatic carbocycles. The number of carbonyl (C=O) groups is 1. The molecule has 0 fully saturated rings. The second-order valence-corrected chi connectivity index (χ2v) is 4.24. The summed E-state index contributed by atoms with van der Waals surface area (Å²) in [6.07, 6.45) is -0.143. The van der Waals surface area contributed by atoms with Gasteiger partial charge in [-0.25, -0.2) is 4.57 Å². The van der Waals surface area contributed by atoms with Gasteiger partial charge in [-0.3, -0.25) is 9.32 Å². The number of nitrogens with zero attached hydrogens (tertiary/aromatic N) is 2. The van der Waals surface area contributed by atoms with Crippen LogP contribution in [0.2, 0.25) is 0 Å². The van der Waals surface area contributed by atoms with Crippen molar-refractivity contribution >= 4 is 19.7 Å². The molecule has 0 aromatic rings. The summed E-state index contributed by atoms with van der Waals surface area (Å²) >= 11 is 0. The maximum absolute atomic E-state index is 11.0. The topological polar surface area (TPSA) is 125 Å². The number of rotatable bonds is 5. The van der Waals surface area contributed by atoms with E-state index in [1.165, 1.54) is 11.9 Å². The quantitative estimate of drug-likeness (QED) is 0.334. The van der Waals surface area contributed by atoms with E-state index in [0.717, 1.165) is 7.11 Å². The van der Waals surface area contributed by atoms with Crippen LogP contribution in [0.15, 0.2) is 4.76 Å². The molecule has 0 aliphatic carbocycles. The van der Waals surface area contributed by atoms with Gasteiger partial charge in [-0.1, -0.05) is 0 Å². The number of guanidine groups is 1. The predicted molar refractivity (Wildman–Crippen MR) is 53.3 cm³/mol. The average molecular weight is 239 g/mol. The van der Waals surface area contributed by atoms with E-state index in [1.807, 2.05) is 0 Å². The minimum atomic E-state index is -4.06. The first-order valence-electron chi connectivity index (χ1n) is 3.95. The van der Waals surface area contributed by atoms with Gasteiger partial charge in [0.2, 0.25) is 5.96 Å². The smallest absolute Gasteiger partial charge is 0.454 e. The molecular weight excluding hydrogens is 225 g/mol. The van der Waals surface area contributed by atoms with Crippen LogP contribution in [-0.4, -0.2) is 47.5 Å². The number of nitrogens with two attached hydrogens (primary N) is 1. The van der Waals surface area contributed by atoms with Crippen LogP contribution in [0.5, 0.6) is 0 Å². The zero-order chi connectivity index (χ0) is 12.1. The molecule has 0 saturated carbocycles. The van der Waals surface area contributed by atoms with Crippen molar-refractivity contribution in [1.82, 2.24) is 4.90 Å². The lowest BCUT2D eigenvalue weighted by Crippen LogP contribution is -2.35. The third-order valence-corrected chi connectivity index (χ3v) is 2.45. The molecule has 0 amide bonds. The summed E-state index contributed by atoms with van der Waals surface area (Å²) in [4.78, 5) is 20.4. The molecule has 1 atom stereocenters. The maximum Gasteiger partial charge on any atom is 0.454 e. The van der Waals surface area contributed by atoms with Gasteiger partial charge in [-0.15, -0.1) is 4.76 Å². The van der Waals surface area contributed by atoms with Crippen molar-refractivity contribution in [3.63, 3.8) is 0 Å². The Balaban J connectivity index is 4.37. The van der Waals surface area contributed by atoms with E-state index in [1.54, 1.807) is 0 Å². The van der Waals surface area contributed by atoms with Gasteiger partial charge < -0.3 is 20.6 Å². The molecule has 0 aliphatic heterocycles. The van der Waals surface area contributed by atoms with Crippen LogP contribution < -0.4 is 5.73 Å². The molecule has 9 heteroatoms. The maximum atomic E-state index is 11.0. The molecule has 8 nitrogen and oxygen atoms in total. The summed E-state index contributed by atoms with van der Waals surface area (Å²) < 4.78 is 18.4. The fraction of sp³-hybridized carbons (Fsp3) is 0.667. The van der Waals surface area contributed by atoms with Crippen LogP contribution in [0.4, 0.5) is 0 Å². The lowest BCUT2D eigenvalue weighted by Gasteiger charge is -2.17. The molecule has 1 unspecified atom stereocenters. The van der Waals surface area contributed by atoms with Crippen LogP contribution in [0.1, 0.15) is 6.42 Å². The number of aliphatic carboxylic acids is 1. The van der Waals surface area contributed by atoms with Crippen molar-refractivity contribution in [1.29, 1.82) is 0 Å². The Morgan fingerprint density at radius 3 is 2.60 bits per heavy atom. The van der Waals surface area contributed by atoms with Crippen molar-refractivity contribution < 1.29 is 23.9 Å². The van der Waals surface area contributed by atoms with E-state index in [0.29, 0.717) is 0 Å². The van der Waals surface area contributed by atoms with Crippen molar-refractivity contribution in [2.45, 2.75) is 6.42 Å². The minimum absolute atomic E-state index is 0.0916. The Hall–Kier alpha value is -1.11. The first-order valence-corrected chi connectivity index (χ1v) is 5.48. The van der Waals surface area contributed by atoms with Gasteiger partial charge in [0.05, 0.1) is 6.42 Å². The molecule has 0 bridgehead atoms. The summed E-state index contributed by atoms with van der Waals surface area (Å²) in [5, 5.41) is 8.39.